The maximum Gasteiger partial charge on any atom is 0.255 e. The van der Waals surface area contributed by atoms with E-state index >= 15 is 0 Å². The molecule has 2 aliphatic heterocycles. The number of nitrogens with one attached hydrogen (secondary N) is 2. The second kappa shape index (κ2) is 8.57. The van der Waals surface area contributed by atoms with Crippen molar-refractivity contribution in [2.45, 2.75) is 52.5 Å². The summed E-state index contributed by atoms with van der Waals surface area (Å²) >= 11 is 0. The average Bonchev–Trinajstić information content (AvgIpc) is 2.68. The lowest BCUT2D eigenvalue weighted by Gasteiger charge is -2.36. The summed E-state index contributed by atoms with van der Waals surface area (Å²) in [6.45, 7) is 9.25. The number of amides is 1. The van der Waals surface area contributed by atoms with E-state index < -0.39 is 0 Å². The van der Waals surface area contributed by atoms with Crippen LogP contribution >= 0.6 is 0 Å². The summed E-state index contributed by atoms with van der Waals surface area (Å²) in [7, 11) is 0. The Morgan fingerprint density at radius 3 is 2.60 bits per heavy atom. The second-order valence-electron chi connectivity index (χ2n) is 8.32. The van der Waals surface area contributed by atoms with Gasteiger partial charge >= 0.3 is 0 Å². The first-order valence-corrected chi connectivity index (χ1v) is 10.5. The molecule has 0 radical (unpaired) electrons. The molecule has 0 saturated carbocycles. The zero-order chi connectivity index (χ0) is 21.3. The van der Waals surface area contributed by atoms with E-state index in [-0.39, 0.29) is 23.7 Å². The molecule has 1 saturated heterocycles. The molecule has 8 heteroatoms. The van der Waals surface area contributed by atoms with Crippen LogP contribution in [0.25, 0.3) is 0 Å². The third-order valence-electron chi connectivity index (χ3n) is 5.54. The van der Waals surface area contributed by atoms with Gasteiger partial charge in [-0.3, -0.25) is 19.5 Å². The normalized spacial score (nSPS) is 21.9. The van der Waals surface area contributed by atoms with Crippen LogP contribution in [0.4, 0.5) is 11.6 Å². The molecule has 0 bridgehead atoms. The third kappa shape index (κ3) is 4.71. The predicted molar refractivity (Wildman–Crippen MR) is 116 cm³/mol. The Bertz CT molecular complexity index is 962. The predicted octanol–water partition coefficient (Wildman–Crippen LogP) is 1.90. The highest BCUT2D eigenvalue weighted by atomic mass is 16.5. The molecule has 2 atom stereocenters. The molecule has 160 valence electrons. The summed E-state index contributed by atoms with van der Waals surface area (Å²) in [4.78, 5) is 36.1. The number of morpholine rings is 1. The Labute approximate surface area is 176 Å². The molecule has 4 rings (SSSR count). The minimum Gasteiger partial charge on any atom is -0.372 e. The SMILES string of the molecule is CC(=O)Nc1ccc(CN2CCc3c(nc(N4CC(C)OC(C)C4)[nH]c3=O)C2)cc1. The van der Waals surface area contributed by atoms with Crippen LogP contribution in [0.2, 0.25) is 0 Å². The van der Waals surface area contributed by atoms with Gasteiger partial charge in [0.1, 0.15) is 0 Å². The maximum absolute atomic E-state index is 12.7. The summed E-state index contributed by atoms with van der Waals surface area (Å²) in [5, 5.41) is 2.78. The first-order valence-electron chi connectivity index (χ1n) is 10.5. The smallest absolute Gasteiger partial charge is 0.255 e. The lowest BCUT2D eigenvalue weighted by atomic mass is 10.1. The summed E-state index contributed by atoms with van der Waals surface area (Å²) in [6.07, 6.45) is 0.900. The molecule has 1 fully saturated rings. The van der Waals surface area contributed by atoms with Crippen LogP contribution in [0.5, 0.6) is 0 Å². The van der Waals surface area contributed by atoms with Crippen molar-refractivity contribution in [3.8, 4) is 0 Å². The number of carbonyl (C=O) groups is 1. The average molecular weight is 412 g/mol. The summed E-state index contributed by atoms with van der Waals surface area (Å²) in [5.41, 5.74) is 3.59. The van der Waals surface area contributed by atoms with Crippen molar-refractivity contribution in [1.82, 2.24) is 14.9 Å². The second-order valence-corrected chi connectivity index (χ2v) is 8.32. The molecule has 0 spiro atoms. The Morgan fingerprint density at radius 2 is 1.93 bits per heavy atom. The number of benzene rings is 1. The molecular weight excluding hydrogens is 382 g/mol. The summed E-state index contributed by atoms with van der Waals surface area (Å²) < 4.78 is 5.80. The molecule has 3 heterocycles. The van der Waals surface area contributed by atoms with Gasteiger partial charge in [-0.15, -0.1) is 0 Å². The fourth-order valence-corrected chi connectivity index (χ4v) is 4.27. The quantitative estimate of drug-likeness (QED) is 0.799. The molecule has 1 aromatic heterocycles. The molecule has 8 nitrogen and oxygen atoms in total. The number of nitrogens with zero attached hydrogens (tertiary/aromatic N) is 3. The highest BCUT2D eigenvalue weighted by Gasteiger charge is 2.27. The highest BCUT2D eigenvalue weighted by molar-refractivity contribution is 5.88. The number of rotatable bonds is 4. The van der Waals surface area contributed by atoms with Crippen molar-refractivity contribution in [2.75, 3.05) is 29.9 Å². The fraction of sp³-hybridized carbons (Fsp3) is 0.500. The molecule has 2 aliphatic rings. The maximum atomic E-state index is 12.7. The number of hydrogen-bond donors (Lipinski definition) is 2. The van der Waals surface area contributed by atoms with Crippen molar-refractivity contribution in [3.05, 3.63) is 51.4 Å². The van der Waals surface area contributed by atoms with Crippen LogP contribution in [0.3, 0.4) is 0 Å². The number of anilines is 2. The van der Waals surface area contributed by atoms with Crippen molar-refractivity contribution < 1.29 is 9.53 Å². The fourth-order valence-electron chi connectivity index (χ4n) is 4.27. The number of ether oxygens (including phenoxy) is 1. The lowest BCUT2D eigenvalue weighted by Crippen LogP contribution is -2.47. The zero-order valence-corrected chi connectivity index (χ0v) is 17.8. The number of aromatic amines is 1. The van der Waals surface area contributed by atoms with Gasteiger partial charge in [-0.05, 0) is 38.0 Å². The van der Waals surface area contributed by atoms with Crippen molar-refractivity contribution in [3.63, 3.8) is 0 Å². The van der Waals surface area contributed by atoms with Crippen LogP contribution in [0.15, 0.2) is 29.1 Å². The summed E-state index contributed by atoms with van der Waals surface area (Å²) in [5.74, 6) is 0.564. The molecule has 2 N–H and O–H groups in total. The van der Waals surface area contributed by atoms with Crippen molar-refractivity contribution in [1.29, 1.82) is 0 Å². The molecule has 2 aromatic rings. The van der Waals surface area contributed by atoms with Gasteiger partial charge in [0.25, 0.3) is 5.56 Å². The van der Waals surface area contributed by atoms with Crippen molar-refractivity contribution >= 4 is 17.5 Å². The standard InChI is InChI=1S/C22H29N5O3/c1-14-10-27(11-15(2)30-14)22-24-20-13-26(9-8-19(20)21(29)25-22)12-17-4-6-18(7-5-17)23-16(3)28/h4-7,14-15H,8-13H2,1-3H3,(H,23,28)(H,24,25,29). The minimum atomic E-state index is -0.0773. The van der Waals surface area contributed by atoms with Gasteiger partial charge in [-0.1, -0.05) is 12.1 Å². The Hall–Kier alpha value is -2.71. The van der Waals surface area contributed by atoms with E-state index in [9.17, 15) is 9.59 Å². The number of hydrogen-bond acceptors (Lipinski definition) is 6. The van der Waals surface area contributed by atoms with Gasteiger partial charge in [-0.25, -0.2) is 4.98 Å². The van der Waals surface area contributed by atoms with Crippen LogP contribution < -0.4 is 15.8 Å². The molecule has 30 heavy (non-hydrogen) atoms. The van der Waals surface area contributed by atoms with Crippen LogP contribution in [-0.2, 0) is 29.0 Å². The van der Waals surface area contributed by atoms with Gasteiger partial charge < -0.3 is 15.0 Å². The third-order valence-corrected chi connectivity index (χ3v) is 5.54. The highest BCUT2D eigenvalue weighted by Crippen LogP contribution is 2.21. The molecule has 0 aliphatic carbocycles. The topological polar surface area (TPSA) is 90.6 Å². The van der Waals surface area contributed by atoms with Gasteiger partial charge in [0.05, 0.1) is 17.9 Å². The van der Waals surface area contributed by atoms with Gasteiger partial charge in [0, 0.05) is 50.9 Å². The number of H-pyrrole nitrogens is 1. The van der Waals surface area contributed by atoms with E-state index in [1.165, 1.54) is 6.92 Å². The number of aromatic nitrogens is 2. The molecule has 1 amide bonds. The van der Waals surface area contributed by atoms with Gasteiger partial charge in [0.2, 0.25) is 11.9 Å². The van der Waals surface area contributed by atoms with E-state index in [0.29, 0.717) is 18.9 Å². The van der Waals surface area contributed by atoms with Gasteiger partial charge in [0.15, 0.2) is 0 Å². The van der Waals surface area contributed by atoms with E-state index in [1.54, 1.807) is 0 Å². The first-order chi connectivity index (χ1) is 14.4. The molecular formula is C22H29N5O3. The largest absolute Gasteiger partial charge is 0.372 e. The monoisotopic (exact) mass is 411 g/mol. The van der Waals surface area contributed by atoms with E-state index in [0.717, 1.165) is 48.7 Å². The van der Waals surface area contributed by atoms with Crippen LogP contribution in [-0.4, -0.2) is 52.6 Å². The van der Waals surface area contributed by atoms with E-state index in [1.807, 2.05) is 38.1 Å². The van der Waals surface area contributed by atoms with E-state index in [4.69, 9.17) is 9.72 Å². The minimum absolute atomic E-state index is 0.0268. The first kappa shape index (κ1) is 20.6. The molecule has 1 aromatic carbocycles. The number of carbonyl (C=O) groups excluding carboxylic acids is 1. The van der Waals surface area contributed by atoms with Crippen LogP contribution in [0, 0.1) is 0 Å². The Balaban J connectivity index is 1.48. The van der Waals surface area contributed by atoms with E-state index in [2.05, 4.69) is 20.1 Å². The molecule has 2 unspecified atom stereocenters. The summed E-state index contributed by atoms with van der Waals surface area (Å²) in [6, 6.07) is 7.87. The number of fused-ring (bicyclic) bond motifs is 1. The van der Waals surface area contributed by atoms with Crippen molar-refractivity contribution in [2.24, 2.45) is 0 Å². The van der Waals surface area contributed by atoms with Crippen LogP contribution in [0.1, 0.15) is 37.6 Å². The zero-order valence-electron chi connectivity index (χ0n) is 17.8. The lowest BCUT2D eigenvalue weighted by molar-refractivity contribution is -0.114. The Kier molecular flexibility index (Phi) is 5.87. The van der Waals surface area contributed by atoms with Gasteiger partial charge in [-0.2, -0.15) is 0 Å². The Morgan fingerprint density at radius 1 is 1.23 bits per heavy atom.